The number of benzene rings is 2. The molecule has 0 saturated heterocycles. The number of carbonyl (C=O) groups excluding carboxylic acids is 4. The number of nitrogens with zero attached hydrogens (tertiary/aromatic N) is 1. The molecule has 1 unspecified atom stereocenters. The van der Waals surface area contributed by atoms with Gasteiger partial charge in [0.2, 0.25) is 0 Å². The van der Waals surface area contributed by atoms with E-state index in [0.29, 0.717) is 21.8 Å². The first-order valence-electron chi connectivity index (χ1n) is 8.99. The zero-order valence-electron chi connectivity index (χ0n) is 15.9. The Morgan fingerprint density at radius 3 is 2.31 bits per heavy atom. The van der Waals surface area contributed by atoms with E-state index in [1.54, 1.807) is 42.5 Å². The van der Waals surface area contributed by atoms with Gasteiger partial charge in [-0.2, -0.15) is 0 Å². The van der Waals surface area contributed by atoms with Gasteiger partial charge < -0.3 is 10.1 Å². The molecule has 3 amide bonds. The third kappa shape index (κ3) is 4.46. The van der Waals surface area contributed by atoms with Gasteiger partial charge in [-0.05, 0) is 43.7 Å². The number of aryl methyl sites for hydroxylation is 1. The van der Waals surface area contributed by atoms with Crippen molar-refractivity contribution < 1.29 is 23.9 Å². The summed E-state index contributed by atoms with van der Waals surface area (Å²) >= 11 is 6.03. The van der Waals surface area contributed by atoms with Gasteiger partial charge in [0, 0.05) is 17.3 Å². The van der Waals surface area contributed by atoms with Gasteiger partial charge in [0.15, 0.2) is 6.10 Å². The lowest BCUT2D eigenvalue weighted by atomic mass is 10.1. The van der Waals surface area contributed by atoms with Crippen molar-refractivity contribution in [2.45, 2.75) is 26.4 Å². The van der Waals surface area contributed by atoms with Crippen molar-refractivity contribution in [2.75, 3.05) is 11.9 Å². The molecular weight excluding hydrogens is 396 g/mol. The monoisotopic (exact) mass is 414 g/mol. The molecule has 1 N–H and O–H groups in total. The molecule has 1 aliphatic heterocycles. The predicted octanol–water partition coefficient (Wildman–Crippen LogP) is 3.20. The largest absolute Gasteiger partial charge is 0.452 e. The second-order valence-electron chi connectivity index (χ2n) is 6.64. The highest BCUT2D eigenvalue weighted by Gasteiger charge is 2.35. The molecule has 0 aromatic heterocycles. The summed E-state index contributed by atoms with van der Waals surface area (Å²) < 4.78 is 5.11. The number of ether oxygens (including phenoxy) is 1. The molecule has 0 aliphatic carbocycles. The zero-order valence-corrected chi connectivity index (χ0v) is 16.7. The number of imide groups is 1. The minimum absolute atomic E-state index is 0.118. The van der Waals surface area contributed by atoms with E-state index >= 15 is 0 Å². The standard InChI is InChI=1S/C21H19ClN2O5/c1-12-7-8-14(11-17(12)22)23-19(26)13(2)29-18(25)9-10-24-20(27)15-5-3-4-6-16(15)21(24)28/h3-8,11,13H,9-10H2,1-2H3,(H,23,26). The van der Waals surface area contributed by atoms with Gasteiger partial charge >= 0.3 is 5.97 Å². The first kappa shape index (κ1) is 20.5. The van der Waals surface area contributed by atoms with Crippen LogP contribution >= 0.6 is 11.6 Å². The number of esters is 1. The molecule has 2 aromatic carbocycles. The van der Waals surface area contributed by atoms with Crippen molar-refractivity contribution in [1.29, 1.82) is 0 Å². The quantitative estimate of drug-likeness (QED) is 0.578. The number of anilines is 1. The number of fused-ring (bicyclic) bond motifs is 1. The molecule has 3 rings (SSSR count). The second kappa shape index (κ2) is 8.45. The fourth-order valence-corrected chi connectivity index (χ4v) is 3.05. The van der Waals surface area contributed by atoms with Crippen LogP contribution in [-0.2, 0) is 14.3 Å². The fraction of sp³-hybridized carbons (Fsp3) is 0.238. The van der Waals surface area contributed by atoms with Crippen LogP contribution in [0.15, 0.2) is 42.5 Å². The Kier molecular flexibility index (Phi) is 5.98. The second-order valence-corrected chi connectivity index (χ2v) is 7.05. The van der Waals surface area contributed by atoms with E-state index in [4.69, 9.17) is 16.3 Å². The highest BCUT2D eigenvalue weighted by Crippen LogP contribution is 2.23. The molecule has 150 valence electrons. The van der Waals surface area contributed by atoms with E-state index in [0.717, 1.165) is 10.5 Å². The van der Waals surface area contributed by atoms with Crippen molar-refractivity contribution in [1.82, 2.24) is 4.90 Å². The van der Waals surface area contributed by atoms with Crippen LogP contribution in [0.2, 0.25) is 5.02 Å². The Morgan fingerprint density at radius 2 is 1.72 bits per heavy atom. The number of hydrogen-bond donors (Lipinski definition) is 1. The molecule has 8 heteroatoms. The lowest BCUT2D eigenvalue weighted by Crippen LogP contribution is -2.34. The highest BCUT2D eigenvalue weighted by atomic mass is 35.5. The van der Waals surface area contributed by atoms with Crippen LogP contribution in [0.3, 0.4) is 0 Å². The smallest absolute Gasteiger partial charge is 0.308 e. The molecule has 0 radical (unpaired) electrons. The summed E-state index contributed by atoms with van der Waals surface area (Å²) in [7, 11) is 0. The van der Waals surface area contributed by atoms with Crippen LogP contribution in [0.5, 0.6) is 0 Å². The van der Waals surface area contributed by atoms with Crippen LogP contribution < -0.4 is 5.32 Å². The molecular formula is C21H19ClN2O5. The normalized spacial score (nSPS) is 13.8. The maximum Gasteiger partial charge on any atom is 0.308 e. The van der Waals surface area contributed by atoms with Gasteiger partial charge in [0.1, 0.15) is 0 Å². The summed E-state index contributed by atoms with van der Waals surface area (Å²) in [5.41, 5.74) is 1.99. The van der Waals surface area contributed by atoms with Crippen LogP contribution in [0.4, 0.5) is 5.69 Å². The van der Waals surface area contributed by atoms with Crippen LogP contribution in [0.1, 0.15) is 39.6 Å². The average Bonchev–Trinajstić information content (AvgIpc) is 2.93. The maximum absolute atomic E-state index is 12.3. The van der Waals surface area contributed by atoms with Gasteiger partial charge in [0.05, 0.1) is 17.5 Å². The minimum Gasteiger partial charge on any atom is -0.452 e. The SMILES string of the molecule is Cc1ccc(NC(=O)C(C)OC(=O)CCN2C(=O)c3ccccc3C2=O)cc1Cl. The topological polar surface area (TPSA) is 92.8 Å². The van der Waals surface area contributed by atoms with Gasteiger partial charge in [-0.3, -0.25) is 24.1 Å². The van der Waals surface area contributed by atoms with E-state index in [9.17, 15) is 19.2 Å². The summed E-state index contributed by atoms with van der Waals surface area (Å²) in [6.45, 7) is 3.16. The van der Waals surface area contributed by atoms with E-state index in [-0.39, 0.29) is 13.0 Å². The first-order chi connectivity index (χ1) is 13.8. The summed E-state index contributed by atoms with van der Waals surface area (Å²) in [5.74, 6) is -2.09. The van der Waals surface area contributed by atoms with Crippen LogP contribution in [0.25, 0.3) is 0 Å². The number of carbonyl (C=O) groups is 4. The van der Waals surface area contributed by atoms with Gasteiger partial charge in [0.25, 0.3) is 17.7 Å². The maximum atomic E-state index is 12.3. The Bertz CT molecular complexity index is 969. The Labute approximate surface area is 172 Å². The zero-order chi connectivity index (χ0) is 21.1. The number of amides is 3. The summed E-state index contributed by atoms with van der Waals surface area (Å²) in [4.78, 5) is 49.9. The minimum atomic E-state index is -1.05. The highest BCUT2D eigenvalue weighted by molar-refractivity contribution is 6.31. The Balaban J connectivity index is 1.51. The number of nitrogens with one attached hydrogen (secondary N) is 1. The van der Waals surface area contributed by atoms with Crippen molar-refractivity contribution >= 4 is 41.0 Å². The Hall–Kier alpha value is -3.19. The van der Waals surface area contributed by atoms with Gasteiger partial charge in [-0.25, -0.2) is 0 Å². The van der Waals surface area contributed by atoms with E-state index in [1.165, 1.54) is 6.92 Å². The average molecular weight is 415 g/mol. The Morgan fingerprint density at radius 1 is 1.10 bits per heavy atom. The molecule has 0 saturated carbocycles. The lowest BCUT2D eigenvalue weighted by Gasteiger charge is -2.16. The summed E-state index contributed by atoms with van der Waals surface area (Å²) in [6, 6.07) is 11.5. The van der Waals surface area contributed by atoms with Crippen molar-refractivity contribution in [3.05, 3.63) is 64.2 Å². The molecule has 29 heavy (non-hydrogen) atoms. The fourth-order valence-electron chi connectivity index (χ4n) is 2.87. The van der Waals surface area contributed by atoms with Gasteiger partial charge in [-0.15, -0.1) is 0 Å². The predicted molar refractivity (Wildman–Crippen MR) is 107 cm³/mol. The van der Waals surface area contributed by atoms with E-state index < -0.39 is 29.8 Å². The third-order valence-electron chi connectivity index (χ3n) is 4.53. The van der Waals surface area contributed by atoms with Crippen molar-refractivity contribution in [3.63, 3.8) is 0 Å². The third-order valence-corrected chi connectivity index (χ3v) is 4.94. The molecule has 0 fully saturated rings. The van der Waals surface area contributed by atoms with Crippen molar-refractivity contribution in [2.24, 2.45) is 0 Å². The number of hydrogen-bond acceptors (Lipinski definition) is 5. The van der Waals surface area contributed by atoms with Crippen LogP contribution in [-0.4, -0.2) is 41.2 Å². The first-order valence-corrected chi connectivity index (χ1v) is 9.37. The van der Waals surface area contributed by atoms with Crippen LogP contribution in [0, 0.1) is 6.92 Å². The molecule has 0 spiro atoms. The summed E-state index contributed by atoms with van der Waals surface area (Å²) in [6.07, 6.45) is -1.26. The molecule has 0 bridgehead atoms. The van der Waals surface area contributed by atoms with Gasteiger partial charge in [-0.1, -0.05) is 29.8 Å². The van der Waals surface area contributed by atoms with E-state index in [1.807, 2.05) is 6.92 Å². The number of rotatable bonds is 6. The molecule has 1 heterocycles. The van der Waals surface area contributed by atoms with E-state index in [2.05, 4.69) is 5.32 Å². The summed E-state index contributed by atoms with van der Waals surface area (Å²) in [5, 5.41) is 3.13. The molecule has 1 aliphatic rings. The number of halogens is 1. The van der Waals surface area contributed by atoms with Crippen molar-refractivity contribution in [3.8, 4) is 0 Å². The molecule has 7 nitrogen and oxygen atoms in total. The molecule has 1 atom stereocenters. The molecule has 2 aromatic rings. The lowest BCUT2D eigenvalue weighted by molar-refractivity contribution is -0.153.